The lowest BCUT2D eigenvalue weighted by Crippen LogP contribution is -2.27. The molecular weight excluding hydrogens is 303 g/mol. The van der Waals surface area contributed by atoms with Crippen molar-refractivity contribution in [3.8, 4) is 11.5 Å². The van der Waals surface area contributed by atoms with Gasteiger partial charge in [0.25, 0.3) is 0 Å². The van der Waals surface area contributed by atoms with E-state index in [1.807, 2.05) is 6.07 Å². The first-order chi connectivity index (χ1) is 10.5. The lowest BCUT2D eigenvalue weighted by Gasteiger charge is -2.08. The maximum absolute atomic E-state index is 11.8. The minimum absolute atomic E-state index is 0.0698. The van der Waals surface area contributed by atoms with Crippen molar-refractivity contribution >= 4 is 22.4 Å². The Morgan fingerprint density at radius 3 is 2.55 bits per heavy atom. The van der Waals surface area contributed by atoms with Crippen molar-refractivity contribution < 1.29 is 22.8 Å². The molecule has 1 aliphatic heterocycles. The van der Waals surface area contributed by atoms with Crippen molar-refractivity contribution in [2.75, 3.05) is 5.75 Å². The molecule has 0 saturated carbocycles. The van der Waals surface area contributed by atoms with Gasteiger partial charge < -0.3 is 14.4 Å². The van der Waals surface area contributed by atoms with E-state index in [9.17, 15) is 13.4 Å². The number of hydrogen-bond donors (Lipinski definition) is 1. The highest BCUT2D eigenvalue weighted by Gasteiger charge is 2.27. The van der Waals surface area contributed by atoms with Gasteiger partial charge in [0, 0.05) is 0 Å². The Morgan fingerprint density at radius 1 is 1.18 bits per heavy atom. The fourth-order valence-electron chi connectivity index (χ4n) is 2.29. The summed E-state index contributed by atoms with van der Waals surface area (Å²) in [7, 11) is -4.07. The van der Waals surface area contributed by atoms with Crippen LogP contribution in [0, 0.1) is 0 Å². The Kier molecular flexibility index (Phi) is 3.95. The fourth-order valence-corrected chi connectivity index (χ4v) is 3.17. The van der Waals surface area contributed by atoms with Crippen LogP contribution >= 0.6 is 0 Å². The lowest BCUT2D eigenvalue weighted by atomic mass is 9.80. The van der Waals surface area contributed by atoms with Crippen LogP contribution in [-0.2, 0) is 21.1 Å². The van der Waals surface area contributed by atoms with E-state index >= 15 is 0 Å². The highest BCUT2D eigenvalue weighted by molar-refractivity contribution is 7.91. The zero-order chi connectivity index (χ0) is 15.7. The van der Waals surface area contributed by atoms with Crippen molar-refractivity contribution in [1.82, 2.24) is 0 Å². The Bertz CT molecular complexity index is 786. The molecule has 22 heavy (non-hydrogen) atoms. The van der Waals surface area contributed by atoms with E-state index in [0.717, 1.165) is 11.0 Å². The van der Waals surface area contributed by atoms with Gasteiger partial charge in [0.15, 0.2) is 9.84 Å². The molecule has 0 bridgehead atoms. The smallest absolute Gasteiger partial charge is 0.457 e. The van der Waals surface area contributed by atoms with E-state index < -0.39 is 17.0 Å². The van der Waals surface area contributed by atoms with Gasteiger partial charge in [-0.15, -0.1) is 0 Å². The van der Waals surface area contributed by atoms with Crippen LogP contribution in [0.3, 0.4) is 0 Å². The second-order valence-electron chi connectivity index (χ2n) is 5.00. The quantitative estimate of drug-likeness (QED) is 0.865. The van der Waals surface area contributed by atoms with Gasteiger partial charge >= 0.3 is 7.12 Å². The molecule has 7 heteroatoms. The van der Waals surface area contributed by atoms with Crippen LogP contribution in [-0.4, -0.2) is 26.3 Å². The Morgan fingerprint density at radius 2 is 1.86 bits per heavy atom. The molecule has 0 radical (unpaired) electrons. The first-order valence-electron chi connectivity index (χ1n) is 6.93. The van der Waals surface area contributed by atoms with E-state index in [1.54, 1.807) is 31.2 Å². The molecule has 0 saturated heterocycles. The molecule has 0 atom stereocenters. The molecule has 3 rings (SSSR count). The first kappa shape index (κ1) is 15.1. The maximum Gasteiger partial charge on any atom is 0.491 e. The largest absolute Gasteiger partial charge is 0.491 e. The number of hydrogen-bond acceptors (Lipinski definition) is 5. The van der Waals surface area contributed by atoms with Gasteiger partial charge in [0.1, 0.15) is 11.5 Å². The Labute approximate surface area is 129 Å². The van der Waals surface area contributed by atoms with Gasteiger partial charge in [0.2, 0.25) is 0 Å². The first-order valence-corrected chi connectivity index (χ1v) is 8.58. The molecule has 0 aromatic heterocycles. The molecule has 0 spiro atoms. The number of rotatable bonds is 4. The van der Waals surface area contributed by atoms with Crippen LogP contribution in [0.2, 0.25) is 0 Å². The number of sulfone groups is 1. The molecule has 0 aliphatic carbocycles. The predicted octanol–water partition coefficient (Wildman–Crippen LogP) is 1.49. The highest BCUT2D eigenvalue weighted by Crippen LogP contribution is 2.25. The van der Waals surface area contributed by atoms with Crippen LogP contribution < -0.4 is 10.2 Å². The summed E-state index contributed by atoms with van der Waals surface area (Å²) in [5.41, 5.74) is 1.63. The summed E-state index contributed by atoms with van der Waals surface area (Å²) in [5, 5.41) is 9.57. The minimum atomic E-state index is -3.20. The van der Waals surface area contributed by atoms with Gasteiger partial charge in [-0.25, -0.2) is 8.42 Å². The van der Waals surface area contributed by atoms with Crippen molar-refractivity contribution in [3.63, 3.8) is 0 Å². The van der Waals surface area contributed by atoms with Gasteiger partial charge in [-0.3, -0.25) is 0 Å². The molecule has 1 heterocycles. The summed E-state index contributed by atoms with van der Waals surface area (Å²) in [6.07, 6.45) is 0. The zero-order valence-corrected chi connectivity index (χ0v) is 12.8. The van der Waals surface area contributed by atoms with Crippen LogP contribution in [0.15, 0.2) is 47.4 Å². The van der Waals surface area contributed by atoms with E-state index in [0.29, 0.717) is 18.1 Å². The van der Waals surface area contributed by atoms with E-state index in [2.05, 4.69) is 0 Å². The molecule has 0 amide bonds. The molecular formula is C15H15BO5S. The lowest BCUT2D eigenvalue weighted by molar-refractivity contribution is 0.275. The topological polar surface area (TPSA) is 72.8 Å². The standard InChI is InChI=1S/C15H15BO5S/c1-2-22(18,19)14-6-3-12(4-7-14)21-13-5-8-15-11(9-13)10-20-16(15)17/h3-9,17H,2,10H2,1H3. The zero-order valence-electron chi connectivity index (χ0n) is 12.0. The van der Waals surface area contributed by atoms with E-state index in [-0.39, 0.29) is 10.6 Å². The van der Waals surface area contributed by atoms with Crippen LogP contribution in [0.25, 0.3) is 0 Å². The second-order valence-corrected chi connectivity index (χ2v) is 7.28. The summed E-state index contributed by atoms with van der Waals surface area (Å²) in [5.74, 6) is 1.23. The number of ether oxygens (including phenoxy) is 1. The third-order valence-electron chi connectivity index (χ3n) is 3.58. The van der Waals surface area contributed by atoms with Gasteiger partial charge in [0.05, 0.1) is 17.3 Å². The Balaban J connectivity index is 1.80. The summed E-state index contributed by atoms with van der Waals surface area (Å²) < 4.78 is 34.3. The third-order valence-corrected chi connectivity index (χ3v) is 5.33. The molecule has 2 aromatic carbocycles. The summed E-state index contributed by atoms with van der Waals surface area (Å²) >= 11 is 0. The predicted molar refractivity (Wildman–Crippen MR) is 83.1 cm³/mol. The SMILES string of the molecule is CCS(=O)(=O)c1ccc(Oc2ccc3c(c2)COB3O)cc1. The van der Waals surface area contributed by atoms with Crippen molar-refractivity contribution in [2.24, 2.45) is 0 Å². The van der Waals surface area contributed by atoms with Gasteiger partial charge in [-0.2, -0.15) is 0 Å². The van der Waals surface area contributed by atoms with Gasteiger partial charge in [-0.05, 0) is 47.4 Å². The summed E-state index contributed by atoms with van der Waals surface area (Å²) in [4.78, 5) is 0.285. The molecule has 0 fully saturated rings. The van der Waals surface area contributed by atoms with Crippen molar-refractivity contribution in [3.05, 3.63) is 48.0 Å². The highest BCUT2D eigenvalue weighted by atomic mass is 32.2. The minimum Gasteiger partial charge on any atom is -0.457 e. The maximum atomic E-state index is 11.8. The molecule has 5 nitrogen and oxygen atoms in total. The molecule has 114 valence electrons. The molecule has 1 N–H and O–H groups in total. The summed E-state index contributed by atoms with van der Waals surface area (Å²) in [6, 6.07) is 11.6. The van der Waals surface area contributed by atoms with Crippen LogP contribution in [0.4, 0.5) is 0 Å². The summed E-state index contributed by atoms with van der Waals surface area (Å²) in [6.45, 7) is 1.96. The average molecular weight is 318 g/mol. The average Bonchev–Trinajstić information content (AvgIpc) is 2.89. The third kappa shape index (κ3) is 2.88. The monoisotopic (exact) mass is 318 g/mol. The van der Waals surface area contributed by atoms with E-state index in [4.69, 9.17) is 9.39 Å². The number of fused-ring (bicyclic) bond motifs is 1. The normalized spacial score (nSPS) is 14.0. The van der Waals surface area contributed by atoms with Gasteiger partial charge in [-0.1, -0.05) is 13.0 Å². The molecule has 2 aromatic rings. The van der Waals surface area contributed by atoms with Crippen LogP contribution in [0.1, 0.15) is 12.5 Å². The number of benzene rings is 2. The fraction of sp³-hybridized carbons (Fsp3) is 0.200. The van der Waals surface area contributed by atoms with Crippen molar-refractivity contribution in [2.45, 2.75) is 18.4 Å². The van der Waals surface area contributed by atoms with E-state index in [1.165, 1.54) is 12.1 Å². The van der Waals surface area contributed by atoms with Crippen molar-refractivity contribution in [1.29, 1.82) is 0 Å². The Hall–Kier alpha value is -1.83. The second kappa shape index (κ2) is 5.76. The molecule has 1 aliphatic rings. The molecule has 0 unspecified atom stereocenters. The van der Waals surface area contributed by atoms with Crippen LogP contribution in [0.5, 0.6) is 11.5 Å².